The van der Waals surface area contributed by atoms with Crippen molar-refractivity contribution in [2.24, 2.45) is 22.7 Å². The molecule has 0 radical (unpaired) electrons. The van der Waals surface area contributed by atoms with Crippen LogP contribution in [0.2, 0.25) is 0 Å². The Hall–Kier alpha value is -3.64. The van der Waals surface area contributed by atoms with Crippen LogP contribution in [0.3, 0.4) is 0 Å². The number of rotatable bonds is 15. The van der Waals surface area contributed by atoms with E-state index in [-0.39, 0.29) is 53.8 Å². The molecule has 4 saturated heterocycles. The zero-order chi connectivity index (χ0) is 52.8. The molecule has 73 heavy (non-hydrogen) atoms. The van der Waals surface area contributed by atoms with Crippen LogP contribution >= 0.6 is 0 Å². The number of hydrogen-bond acceptors (Lipinski definition) is 16. The molecular formula is C50H88N10O11S2. The van der Waals surface area contributed by atoms with E-state index >= 15 is 0 Å². The molecule has 21 nitrogen and oxygen atoms in total. The van der Waals surface area contributed by atoms with Gasteiger partial charge in [0.15, 0.2) is 11.7 Å². The highest BCUT2D eigenvalue weighted by molar-refractivity contribution is 7.89. The van der Waals surface area contributed by atoms with Crippen LogP contribution in [0.5, 0.6) is 0 Å². The Labute approximate surface area is 435 Å². The molecule has 2 atom stereocenters. The van der Waals surface area contributed by atoms with Gasteiger partial charge in [0.25, 0.3) is 0 Å². The predicted molar refractivity (Wildman–Crippen MR) is 277 cm³/mol. The first-order valence-electron chi connectivity index (χ1n) is 27.3. The molecule has 0 spiro atoms. The summed E-state index contributed by atoms with van der Waals surface area (Å²) in [5, 5.41) is 8.05. The van der Waals surface area contributed by atoms with E-state index in [0.717, 1.165) is 103 Å². The lowest BCUT2D eigenvalue weighted by Crippen LogP contribution is -2.51. The highest BCUT2D eigenvalue weighted by atomic mass is 32.2. The summed E-state index contributed by atoms with van der Waals surface area (Å²) in [7, 11) is -6.84. The molecule has 416 valence electrons. The molecule has 1 aromatic rings. The average molecular weight is 1070 g/mol. The summed E-state index contributed by atoms with van der Waals surface area (Å²) < 4.78 is 72.6. The van der Waals surface area contributed by atoms with Gasteiger partial charge in [-0.1, -0.05) is 61.7 Å². The van der Waals surface area contributed by atoms with E-state index in [2.05, 4.69) is 25.1 Å². The smallest absolute Gasteiger partial charge is 0.410 e. The number of carbonyl (C=O) groups excluding carboxylic acids is 3. The van der Waals surface area contributed by atoms with E-state index in [9.17, 15) is 31.2 Å². The van der Waals surface area contributed by atoms with Crippen molar-refractivity contribution in [1.29, 1.82) is 0 Å². The maximum atomic E-state index is 13.3. The van der Waals surface area contributed by atoms with Crippen LogP contribution in [0.25, 0.3) is 0 Å². The minimum Gasteiger partial charge on any atom is -0.444 e. The number of amides is 2. The Kier molecular flexibility index (Phi) is 21.6. The molecule has 6 fully saturated rings. The summed E-state index contributed by atoms with van der Waals surface area (Å²) in [6.07, 6.45) is 15.7. The molecule has 2 N–H and O–H groups in total. The van der Waals surface area contributed by atoms with Crippen LogP contribution in [-0.2, 0) is 45.6 Å². The Morgan fingerprint density at radius 3 is 1.60 bits per heavy atom. The second-order valence-electron chi connectivity index (χ2n) is 23.0. The standard InChI is InChI=1S/C25H45N5O6S.C25H43N5O5S/c1-25(2,3)35-24(32)29-17-15-28(16-18-29)14-12-22(31)36-27-23(26)21-11-7-8-13-30(21)37(33,34)19-20-9-5-4-6-10-20;1-25(2,3)34-24(31)29-17-15-28(16-18-29)14-12-22-26-23(27-35-22)21-11-7-8-13-30(21)36(32,33)19-20-9-5-4-6-10-20/h20-21H,4-19H2,1-3H3,(H2,26,27);20-21H,4-19H2,1-3H3/t2*21-/m00/s1. The van der Waals surface area contributed by atoms with Crippen molar-refractivity contribution in [3.05, 3.63) is 11.7 Å². The van der Waals surface area contributed by atoms with Gasteiger partial charge in [0.1, 0.15) is 11.2 Å². The Bertz CT molecular complexity index is 2170. The number of hydrogen-bond donors (Lipinski definition) is 1. The van der Waals surface area contributed by atoms with Gasteiger partial charge in [-0.05, 0) is 105 Å². The fourth-order valence-electron chi connectivity index (χ4n) is 10.7. The Morgan fingerprint density at radius 1 is 0.616 bits per heavy atom. The molecule has 6 aliphatic rings. The SMILES string of the molecule is CC(C)(C)OC(=O)N1CCN(CCC(=O)O/N=C(\N)[C@@H]2CCCCN2S(=O)(=O)CC2CCCCC2)CC1.CC(C)(C)OC(=O)N1CCN(CCc2nc([C@@H]3CCCCN3S(=O)(=O)CC3CCCCC3)no2)CC1. The number of amidine groups is 1. The van der Waals surface area contributed by atoms with Crippen molar-refractivity contribution >= 4 is 44.0 Å². The third kappa shape index (κ3) is 18.9. The van der Waals surface area contributed by atoms with Gasteiger partial charge in [-0.25, -0.2) is 31.2 Å². The molecule has 23 heteroatoms. The van der Waals surface area contributed by atoms with E-state index in [1.165, 1.54) is 17.1 Å². The minimum absolute atomic E-state index is 0.0336. The van der Waals surface area contributed by atoms with Gasteiger partial charge in [-0.3, -0.25) is 9.80 Å². The monoisotopic (exact) mass is 1070 g/mol. The quantitative estimate of drug-likeness (QED) is 0.0901. The summed E-state index contributed by atoms with van der Waals surface area (Å²) in [5.74, 6) is 1.39. The summed E-state index contributed by atoms with van der Waals surface area (Å²) >= 11 is 0. The third-order valence-corrected chi connectivity index (χ3v) is 18.8. The van der Waals surface area contributed by atoms with Crippen molar-refractivity contribution in [1.82, 2.24) is 38.4 Å². The van der Waals surface area contributed by atoms with E-state index in [0.29, 0.717) is 83.5 Å². The van der Waals surface area contributed by atoms with Crippen molar-refractivity contribution in [3.63, 3.8) is 0 Å². The zero-order valence-electron chi connectivity index (χ0n) is 44.8. The number of nitrogens with zero attached hydrogens (tertiary/aromatic N) is 9. The summed E-state index contributed by atoms with van der Waals surface area (Å²) in [5.41, 5.74) is 5.12. The molecule has 4 aliphatic heterocycles. The van der Waals surface area contributed by atoms with Crippen molar-refractivity contribution in [2.75, 3.05) is 90.0 Å². The van der Waals surface area contributed by atoms with Gasteiger partial charge in [-0.15, -0.1) is 0 Å². The van der Waals surface area contributed by atoms with Crippen LogP contribution in [-0.4, -0.2) is 186 Å². The molecule has 0 bridgehead atoms. The molecule has 2 saturated carbocycles. The molecule has 7 rings (SSSR count). The van der Waals surface area contributed by atoms with Gasteiger partial charge in [0, 0.05) is 85.0 Å². The van der Waals surface area contributed by atoms with Crippen LogP contribution in [0.15, 0.2) is 9.68 Å². The molecule has 0 aromatic carbocycles. The van der Waals surface area contributed by atoms with Crippen LogP contribution in [0.1, 0.15) is 168 Å². The fraction of sp³-hybridized carbons (Fsp3) is 0.880. The Morgan fingerprint density at radius 2 is 1.08 bits per heavy atom. The van der Waals surface area contributed by atoms with E-state index < -0.39 is 43.3 Å². The van der Waals surface area contributed by atoms with Gasteiger partial charge in [0.05, 0.1) is 30.0 Å². The minimum atomic E-state index is -3.47. The second-order valence-corrected chi connectivity index (χ2v) is 26.9. The van der Waals surface area contributed by atoms with Gasteiger partial charge < -0.3 is 34.4 Å². The van der Waals surface area contributed by atoms with Crippen molar-refractivity contribution in [3.8, 4) is 0 Å². The highest BCUT2D eigenvalue weighted by Crippen LogP contribution is 2.35. The number of piperidine rings is 2. The van der Waals surface area contributed by atoms with Crippen molar-refractivity contribution < 1.29 is 50.1 Å². The van der Waals surface area contributed by atoms with Gasteiger partial charge >= 0.3 is 18.2 Å². The molecule has 5 heterocycles. The number of carbonyl (C=O) groups is 3. The highest BCUT2D eigenvalue weighted by Gasteiger charge is 2.39. The van der Waals surface area contributed by atoms with E-state index in [1.54, 1.807) is 14.1 Å². The second kappa shape index (κ2) is 26.9. The lowest BCUT2D eigenvalue weighted by molar-refractivity contribution is -0.144. The first-order valence-corrected chi connectivity index (χ1v) is 30.5. The summed E-state index contributed by atoms with van der Waals surface area (Å²) in [6.45, 7) is 18.4. The largest absolute Gasteiger partial charge is 0.444 e. The molecule has 0 unspecified atom stereocenters. The lowest BCUT2D eigenvalue weighted by atomic mass is 9.91. The van der Waals surface area contributed by atoms with E-state index in [1.807, 2.05) is 41.5 Å². The first kappa shape index (κ1) is 58.6. The molecule has 1 aromatic heterocycles. The maximum Gasteiger partial charge on any atom is 0.410 e. The maximum absolute atomic E-state index is 13.3. The molecular weight excluding hydrogens is 981 g/mol. The number of nitrogens with two attached hydrogens (primary N) is 1. The Balaban J connectivity index is 0.000000238. The topological polar surface area (TPSA) is 244 Å². The number of piperazine rings is 2. The van der Waals surface area contributed by atoms with Crippen LogP contribution < -0.4 is 5.73 Å². The zero-order valence-corrected chi connectivity index (χ0v) is 46.5. The summed E-state index contributed by atoms with van der Waals surface area (Å²) in [4.78, 5) is 54.2. The van der Waals surface area contributed by atoms with Crippen LogP contribution in [0, 0.1) is 11.8 Å². The predicted octanol–water partition coefficient (Wildman–Crippen LogP) is 6.11. The normalized spacial score (nSPS) is 23.6. The fourth-order valence-corrected chi connectivity index (χ4v) is 14.9. The van der Waals surface area contributed by atoms with Crippen LogP contribution in [0.4, 0.5) is 9.59 Å². The summed E-state index contributed by atoms with van der Waals surface area (Å²) in [6, 6.07) is -0.904. The van der Waals surface area contributed by atoms with Gasteiger partial charge in [-0.2, -0.15) is 13.6 Å². The number of sulfonamides is 2. The van der Waals surface area contributed by atoms with E-state index in [4.69, 9.17) is 24.6 Å². The van der Waals surface area contributed by atoms with Gasteiger partial charge in [0.2, 0.25) is 25.9 Å². The number of aromatic nitrogens is 2. The first-order chi connectivity index (χ1) is 34.5. The third-order valence-electron chi connectivity index (χ3n) is 14.7. The lowest BCUT2D eigenvalue weighted by Gasteiger charge is -2.35. The number of ether oxygens (including phenoxy) is 2. The van der Waals surface area contributed by atoms with Crippen molar-refractivity contribution in [2.45, 2.75) is 180 Å². The average Bonchev–Trinajstić information content (AvgIpc) is 3.83. The molecule has 2 amide bonds. The number of oxime groups is 1. The molecule has 2 aliphatic carbocycles.